The maximum Gasteiger partial charge on any atom is 0.259 e. The third-order valence-corrected chi connectivity index (χ3v) is 7.58. The number of hydrogen-bond acceptors (Lipinski definition) is 8. The lowest BCUT2D eigenvalue weighted by molar-refractivity contribution is 0.100. The topological polar surface area (TPSA) is 111 Å². The van der Waals surface area contributed by atoms with Crippen LogP contribution < -0.4 is 15.8 Å². The zero-order chi connectivity index (χ0) is 25.4. The molecule has 36 heavy (non-hydrogen) atoms. The number of fused-ring (bicyclic) bond motifs is 1. The van der Waals surface area contributed by atoms with E-state index in [2.05, 4.69) is 39.5 Å². The molecule has 1 aromatic carbocycles. The number of aromatic nitrogens is 4. The Morgan fingerprint density at radius 2 is 2.00 bits per heavy atom. The summed E-state index contributed by atoms with van der Waals surface area (Å²) >= 11 is 1.29. The summed E-state index contributed by atoms with van der Waals surface area (Å²) in [6, 6.07) is 6.36. The molecule has 0 radical (unpaired) electrons. The van der Waals surface area contributed by atoms with Crippen LogP contribution in [-0.4, -0.2) is 56.8 Å². The fourth-order valence-electron chi connectivity index (χ4n) is 4.65. The average Bonchev–Trinajstić information content (AvgIpc) is 3.43. The first-order valence-corrected chi connectivity index (χ1v) is 12.9. The van der Waals surface area contributed by atoms with Crippen molar-refractivity contribution in [3.05, 3.63) is 47.2 Å². The van der Waals surface area contributed by atoms with E-state index in [1.807, 2.05) is 33.2 Å². The molecule has 0 aliphatic carbocycles. The standard InChI is InChI=1S/C26H31N7O2S/c1-15(2)35-20-11-17(16-7-9-32(3)10-8-16)5-6-19(20)30-26-28-13-21-23(31-26)22(24(36-21)25(27)34)18-12-29-33(4)14-18/h5-6,11-16H,7-10H2,1-4H3,(H2,27,34)(H,28,30,31). The Bertz CT molecular complexity index is 1400. The molecule has 3 N–H and O–H groups in total. The largest absolute Gasteiger partial charge is 0.489 e. The van der Waals surface area contributed by atoms with Crippen molar-refractivity contribution in [2.24, 2.45) is 12.8 Å². The summed E-state index contributed by atoms with van der Waals surface area (Å²) < 4.78 is 8.66. The molecular weight excluding hydrogens is 474 g/mol. The van der Waals surface area contributed by atoms with Gasteiger partial charge in [-0.15, -0.1) is 11.3 Å². The van der Waals surface area contributed by atoms with E-state index in [1.54, 1.807) is 17.1 Å². The van der Waals surface area contributed by atoms with Gasteiger partial charge in [0.2, 0.25) is 5.95 Å². The first-order valence-electron chi connectivity index (χ1n) is 12.1. The summed E-state index contributed by atoms with van der Waals surface area (Å²) in [4.78, 5) is 24.3. The minimum atomic E-state index is -0.497. The second-order valence-electron chi connectivity index (χ2n) is 9.60. The molecule has 1 amide bonds. The van der Waals surface area contributed by atoms with E-state index in [4.69, 9.17) is 15.5 Å². The number of hydrogen-bond donors (Lipinski definition) is 2. The number of aryl methyl sites for hydroxylation is 1. The molecule has 10 heteroatoms. The summed E-state index contributed by atoms with van der Waals surface area (Å²) in [5.74, 6) is 1.23. The molecule has 0 saturated carbocycles. The minimum absolute atomic E-state index is 0.0221. The SMILES string of the molecule is CC(C)Oc1cc(C2CCN(C)CC2)ccc1Nc1ncc2sc(C(N)=O)c(-c3cnn(C)c3)c2n1. The van der Waals surface area contributed by atoms with Crippen LogP contribution >= 0.6 is 11.3 Å². The lowest BCUT2D eigenvalue weighted by Gasteiger charge is -2.29. The van der Waals surface area contributed by atoms with Gasteiger partial charge in [-0.05, 0) is 70.4 Å². The Morgan fingerprint density at radius 3 is 2.67 bits per heavy atom. The van der Waals surface area contributed by atoms with Crippen LogP contribution in [0.15, 0.2) is 36.8 Å². The Balaban J connectivity index is 1.51. The van der Waals surface area contributed by atoms with E-state index >= 15 is 0 Å². The van der Waals surface area contributed by atoms with Crippen molar-refractivity contribution in [2.45, 2.75) is 38.7 Å². The van der Waals surface area contributed by atoms with Gasteiger partial charge in [-0.3, -0.25) is 9.48 Å². The fraction of sp³-hybridized carbons (Fsp3) is 0.385. The highest BCUT2D eigenvalue weighted by Crippen LogP contribution is 2.39. The number of carbonyl (C=O) groups is 1. The summed E-state index contributed by atoms with van der Waals surface area (Å²) in [5, 5.41) is 7.59. The molecule has 1 fully saturated rings. The van der Waals surface area contributed by atoms with Crippen LogP contribution in [0.3, 0.4) is 0 Å². The van der Waals surface area contributed by atoms with Crippen molar-refractivity contribution in [3.8, 4) is 16.9 Å². The predicted octanol–water partition coefficient (Wildman–Crippen LogP) is 4.53. The number of benzene rings is 1. The molecule has 188 valence electrons. The van der Waals surface area contributed by atoms with Crippen molar-refractivity contribution < 1.29 is 9.53 Å². The number of nitrogens with zero attached hydrogens (tertiary/aromatic N) is 5. The highest BCUT2D eigenvalue weighted by atomic mass is 32.1. The second kappa shape index (κ2) is 9.87. The Kier molecular flexibility index (Phi) is 6.63. The van der Waals surface area contributed by atoms with Crippen LogP contribution in [0.1, 0.15) is 47.8 Å². The average molecular weight is 506 g/mol. The minimum Gasteiger partial charge on any atom is -0.489 e. The van der Waals surface area contributed by atoms with E-state index < -0.39 is 5.91 Å². The van der Waals surface area contributed by atoms with Gasteiger partial charge in [0.25, 0.3) is 5.91 Å². The molecule has 3 aromatic heterocycles. The van der Waals surface area contributed by atoms with E-state index in [0.29, 0.717) is 27.8 Å². The number of carbonyl (C=O) groups excluding carboxylic acids is 1. The first-order chi connectivity index (χ1) is 17.3. The number of likely N-dealkylation sites (tertiary alicyclic amines) is 1. The van der Waals surface area contributed by atoms with Crippen LogP contribution in [0.25, 0.3) is 21.3 Å². The van der Waals surface area contributed by atoms with Crippen LogP contribution in [-0.2, 0) is 7.05 Å². The zero-order valence-electron chi connectivity index (χ0n) is 21.0. The maximum atomic E-state index is 12.2. The Labute approximate surface area is 214 Å². The zero-order valence-corrected chi connectivity index (χ0v) is 21.8. The quantitative estimate of drug-likeness (QED) is 0.380. The molecule has 0 bridgehead atoms. The molecule has 4 heterocycles. The predicted molar refractivity (Wildman–Crippen MR) is 143 cm³/mol. The van der Waals surface area contributed by atoms with E-state index in [0.717, 1.165) is 47.6 Å². The number of anilines is 2. The summed E-state index contributed by atoms with van der Waals surface area (Å²) in [7, 11) is 4.00. The highest BCUT2D eigenvalue weighted by molar-refractivity contribution is 7.21. The number of thiophene rings is 1. The number of piperidine rings is 1. The highest BCUT2D eigenvalue weighted by Gasteiger charge is 2.23. The second-order valence-corrected chi connectivity index (χ2v) is 10.7. The molecule has 0 atom stereocenters. The van der Waals surface area contributed by atoms with Gasteiger partial charge in [-0.2, -0.15) is 5.10 Å². The third kappa shape index (κ3) is 4.91. The van der Waals surface area contributed by atoms with Crippen molar-refractivity contribution in [1.29, 1.82) is 0 Å². The number of nitrogens with one attached hydrogen (secondary N) is 1. The molecule has 0 unspecified atom stereocenters. The van der Waals surface area contributed by atoms with Crippen molar-refractivity contribution in [2.75, 3.05) is 25.5 Å². The van der Waals surface area contributed by atoms with Gasteiger partial charge in [0.1, 0.15) is 10.6 Å². The van der Waals surface area contributed by atoms with Crippen molar-refractivity contribution in [1.82, 2.24) is 24.6 Å². The van der Waals surface area contributed by atoms with Crippen molar-refractivity contribution in [3.63, 3.8) is 0 Å². The molecule has 5 rings (SSSR count). The van der Waals surface area contributed by atoms with Gasteiger partial charge >= 0.3 is 0 Å². The normalized spacial score (nSPS) is 15.0. The Morgan fingerprint density at radius 1 is 1.22 bits per heavy atom. The fourth-order valence-corrected chi connectivity index (χ4v) is 5.64. The van der Waals surface area contributed by atoms with Gasteiger partial charge in [-0.25, -0.2) is 9.97 Å². The molecular formula is C26H31N7O2S. The summed E-state index contributed by atoms with van der Waals surface area (Å²) in [6.07, 6.45) is 7.58. The number of amides is 1. The van der Waals surface area contributed by atoms with Gasteiger partial charge in [0.15, 0.2) is 0 Å². The molecule has 4 aromatic rings. The summed E-state index contributed by atoms with van der Waals surface area (Å²) in [6.45, 7) is 6.25. The number of ether oxygens (including phenoxy) is 1. The van der Waals surface area contributed by atoms with Gasteiger partial charge in [-0.1, -0.05) is 6.07 Å². The van der Waals surface area contributed by atoms with Crippen molar-refractivity contribution >= 4 is 39.1 Å². The number of rotatable bonds is 7. The van der Waals surface area contributed by atoms with Gasteiger partial charge < -0.3 is 20.7 Å². The van der Waals surface area contributed by atoms with Crippen LogP contribution in [0, 0.1) is 0 Å². The van der Waals surface area contributed by atoms with Gasteiger partial charge in [0, 0.05) is 24.4 Å². The van der Waals surface area contributed by atoms with Gasteiger partial charge in [0.05, 0.1) is 34.4 Å². The van der Waals surface area contributed by atoms with Crippen LogP contribution in [0.2, 0.25) is 0 Å². The summed E-state index contributed by atoms with van der Waals surface area (Å²) in [5.41, 5.74) is 9.91. The molecule has 9 nitrogen and oxygen atoms in total. The number of primary amides is 1. The maximum absolute atomic E-state index is 12.2. The molecule has 0 spiro atoms. The molecule has 1 saturated heterocycles. The third-order valence-electron chi connectivity index (χ3n) is 6.45. The first kappa shape index (κ1) is 24.2. The lowest BCUT2D eigenvalue weighted by atomic mass is 9.89. The smallest absolute Gasteiger partial charge is 0.259 e. The van der Waals surface area contributed by atoms with Crippen LogP contribution in [0.5, 0.6) is 5.75 Å². The monoisotopic (exact) mass is 505 g/mol. The van der Waals surface area contributed by atoms with E-state index in [-0.39, 0.29) is 6.10 Å². The molecule has 1 aliphatic heterocycles. The van der Waals surface area contributed by atoms with E-state index in [9.17, 15) is 4.79 Å². The van der Waals surface area contributed by atoms with E-state index in [1.165, 1.54) is 16.9 Å². The lowest BCUT2D eigenvalue weighted by Crippen LogP contribution is -2.29. The number of nitrogens with two attached hydrogens (primary N) is 1. The Hall–Kier alpha value is -3.50. The van der Waals surface area contributed by atoms with Crippen LogP contribution in [0.4, 0.5) is 11.6 Å². The molecule has 1 aliphatic rings.